The number of thiazole rings is 1. The second kappa shape index (κ2) is 7.60. The molecular weight excluding hydrogens is 262 g/mol. The van der Waals surface area contributed by atoms with Gasteiger partial charge in [-0.05, 0) is 26.7 Å². The molecule has 0 spiro atoms. The van der Waals surface area contributed by atoms with Crippen LogP contribution in [0.15, 0.2) is 5.38 Å². The first kappa shape index (κ1) is 16.1. The van der Waals surface area contributed by atoms with Crippen molar-refractivity contribution in [3.63, 3.8) is 0 Å². The summed E-state index contributed by atoms with van der Waals surface area (Å²) in [4.78, 5) is 16.0. The summed E-state index contributed by atoms with van der Waals surface area (Å²) in [6, 6.07) is 0. The fourth-order valence-corrected chi connectivity index (χ4v) is 3.17. The van der Waals surface area contributed by atoms with Crippen molar-refractivity contribution in [1.82, 2.24) is 4.98 Å². The van der Waals surface area contributed by atoms with Crippen molar-refractivity contribution in [3.8, 4) is 0 Å². The molecular formula is C14H23NO3S. The van der Waals surface area contributed by atoms with E-state index in [0.29, 0.717) is 13.2 Å². The Hall–Kier alpha value is -0.940. The van der Waals surface area contributed by atoms with Gasteiger partial charge in [0.1, 0.15) is 10.6 Å². The number of carbonyl (C=O) groups is 1. The van der Waals surface area contributed by atoms with Crippen LogP contribution >= 0.6 is 11.3 Å². The van der Waals surface area contributed by atoms with E-state index in [1.165, 1.54) is 0 Å². The smallest absolute Gasteiger partial charge is 0.311 e. The number of esters is 1. The number of nitrogens with zero attached hydrogens (tertiary/aromatic N) is 1. The third-order valence-electron chi connectivity index (χ3n) is 3.14. The normalized spacial score (nSPS) is 11.6. The van der Waals surface area contributed by atoms with Crippen molar-refractivity contribution < 1.29 is 14.3 Å². The fraction of sp³-hybridized carbons (Fsp3) is 0.714. The van der Waals surface area contributed by atoms with Crippen LogP contribution in [0, 0.1) is 0 Å². The topological polar surface area (TPSA) is 48.4 Å². The average molecular weight is 285 g/mol. The Balaban J connectivity index is 2.84. The first-order valence-electron chi connectivity index (χ1n) is 6.86. The highest BCUT2D eigenvalue weighted by Gasteiger charge is 2.32. The molecule has 108 valence electrons. The van der Waals surface area contributed by atoms with Crippen molar-refractivity contribution in [2.75, 3.05) is 13.2 Å². The Morgan fingerprint density at radius 3 is 2.47 bits per heavy atom. The Morgan fingerprint density at radius 1 is 1.26 bits per heavy atom. The molecule has 0 saturated carbocycles. The lowest BCUT2D eigenvalue weighted by atomic mass is 9.98. The van der Waals surface area contributed by atoms with Crippen LogP contribution in [0.1, 0.15) is 51.2 Å². The van der Waals surface area contributed by atoms with Gasteiger partial charge in [0.05, 0.1) is 18.7 Å². The lowest BCUT2D eigenvalue weighted by Gasteiger charge is -2.29. The van der Waals surface area contributed by atoms with E-state index in [1.807, 2.05) is 12.3 Å². The lowest BCUT2D eigenvalue weighted by molar-refractivity contribution is -0.142. The van der Waals surface area contributed by atoms with E-state index in [4.69, 9.17) is 9.47 Å². The van der Waals surface area contributed by atoms with Crippen LogP contribution in [-0.2, 0) is 26.3 Å². The summed E-state index contributed by atoms with van der Waals surface area (Å²) in [7, 11) is 0. The zero-order valence-electron chi connectivity index (χ0n) is 12.2. The van der Waals surface area contributed by atoms with Crippen molar-refractivity contribution >= 4 is 17.3 Å². The van der Waals surface area contributed by atoms with Crippen LogP contribution in [0.5, 0.6) is 0 Å². The highest BCUT2D eigenvalue weighted by Crippen LogP contribution is 2.35. The molecule has 0 aliphatic heterocycles. The average Bonchev–Trinajstić information content (AvgIpc) is 2.85. The van der Waals surface area contributed by atoms with Gasteiger partial charge < -0.3 is 9.47 Å². The first-order valence-corrected chi connectivity index (χ1v) is 7.74. The summed E-state index contributed by atoms with van der Waals surface area (Å²) in [5.41, 5.74) is 0.455. The predicted octanol–water partition coefficient (Wildman–Crippen LogP) is 3.30. The second-order valence-corrected chi connectivity index (χ2v) is 5.12. The Morgan fingerprint density at radius 2 is 1.95 bits per heavy atom. The summed E-state index contributed by atoms with van der Waals surface area (Å²) in [5, 5.41) is 2.88. The lowest BCUT2D eigenvalue weighted by Crippen LogP contribution is -2.28. The van der Waals surface area contributed by atoms with Gasteiger partial charge in [-0.15, -0.1) is 11.3 Å². The third kappa shape index (κ3) is 4.01. The maximum atomic E-state index is 11.4. The largest absolute Gasteiger partial charge is 0.466 e. The molecule has 1 aromatic rings. The molecule has 0 aromatic carbocycles. The number of rotatable bonds is 8. The van der Waals surface area contributed by atoms with Crippen molar-refractivity contribution in [2.24, 2.45) is 0 Å². The van der Waals surface area contributed by atoms with E-state index >= 15 is 0 Å². The third-order valence-corrected chi connectivity index (χ3v) is 4.21. The van der Waals surface area contributed by atoms with Crippen LogP contribution in [0.2, 0.25) is 0 Å². The van der Waals surface area contributed by atoms with Gasteiger partial charge in [-0.1, -0.05) is 13.8 Å². The molecule has 0 N–H and O–H groups in total. The highest BCUT2D eigenvalue weighted by molar-refractivity contribution is 7.09. The zero-order chi connectivity index (χ0) is 14.3. The molecule has 0 saturated heterocycles. The van der Waals surface area contributed by atoms with Crippen molar-refractivity contribution in [1.29, 1.82) is 0 Å². The highest BCUT2D eigenvalue weighted by atomic mass is 32.1. The van der Waals surface area contributed by atoms with Crippen LogP contribution < -0.4 is 0 Å². The minimum atomic E-state index is -0.313. The number of hydrogen-bond donors (Lipinski definition) is 0. The van der Waals surface area contributed by atoms with Gasteiger partial charge >= 0.3 is 5.97 Å². The maximum Gasteiger partial charge on any atom is 0.311 e. The fourth-order valence-electron chi connectivity index (χ4n) is 2.05. The van der Waals surface area contributed by atoms with Gasteiger partial charge in [-0.2, -0.15) is 0 Å². The molecule has 19 heavy (non-hydrogen) atoms. The SMILES string of the molecule is CCOC(=O)Cc1csc(C(CC)(CC)OCC)n1. The van der Waals surface area contributed by atoms with E-state index in [9.17, 15) is 4.79 Å². The van der Waals surface area contributed by atoms with E-state index in [-0.39, 0.29) is 18.0 Å². The standard InChI is InChI=1S/C14H23NO3S/c1-5-14(6-2,18-8-4)13-15-11(10-19-13)9-12(16)17-7-3/h10H,5-9H2,1-4H3. The van der Waals surface area contributed by atoms with Gasteiger partial charge in [0, 0.05) is 12.0 Å². The van der Waals surface area contributed by atoms with Gasteiger partial charge in [0.15, 0.2) is 0 Å². The molecule has 1 aromatic heterocycles. The van der Waals surface area contributed by atoms with Crippen LogP contribution in [0.25, 0.3) is 0 Å². The molecule has 0 aliphatic rings. The Bertz CT molecular complexity index is 399. The van der Waals surface area contributed by atoms with Gasteiger partial charge in [-0.25, -0.2) is 4.98 Å². The van der Waals surface area contributed by atoms with Gasteiger partial charge in [-0.3, -0.25) is 4.79 Å². The monoisotopic (exact) mass is 285 g/mol. The molecule has 4 nitrogen and oxygen atoms in total. The summed E-state index contributed by atoms with van der Waals surface area (Å²) in [6.45, 7) is 9.07. The Labute approximate surface area is 119 Å². The van der Waals surface area contributed by atoms with E-state index in [0.717, 1.165) is 23.5 Å². The molecule has 0 radical (unpaired) electrons. The number of carbonyl (C=O) groups excluding carboxylic acids is 1. The predicted molar refractivity (Wildman–Crippen MR) is 76.3 cm³/mol. The molecule has 5 heteroatoms. The number of aromatic nitrogens is 1. The van der Waals surface area contributed by atoms with Crippen LogP contribution in [-0.4, -0.2) is 24.2 Å². The van der Waals surface area contributed by atoms with Crippen molar-refractivity contribution in [2.45, 2.75) is 52.6 Å². The summed E-state index contributed by atoms with van der Waals surface area (Å²) < 4.78 is 10.8. The minimum absolute atomic E-state index is 0.227. The molecule has 0 atom stereocenters. The van der Waals surface area contributed by atoms with Crippen LogP contribution in [0.3, 0.4) is 0 Å². The first-order chi connectivity index (χ1) is 9.11. The minimum Gasteiger partial charge on any atom is -0.466 e. The second-order valence-electron chi connectivity index (χ2n) is 4.26. The molecule has 1 rings (SSSR count). The maximum absolute atomic E-state index is 11.4. The summed E-state index contributed by atoms with van der Waals surface area (Å²) in [5.74, 6) is -0.227. The van der Waals surface area contributed by atoms with E-state index < -0.39 is 0 Å². The summed E-state index contributed by atoms with van der Waals surface area (Å²) >= 11 is 1.56. The quantitative estimate of drug-likeness (QED) is 0.688. The molecule has 0 bridgehead atoms. The van der Waals surface area contributed by atoms with Gasteiger partial charge in [0.25, 0.3) is 0 Å². The van der Waals surface area contributed by atoms with Crippen LogP contribution in [0.4, 0.5) is 0 Å². The summed E-state index contributed by atoms with van der Waals surface area (Å²) in [6.07, 6.45) is 1.99. The Kier molecular flexibility index (Phi) is 6.45. The van der Waals surface area contributed by atoms with Gasteiger partial charge in [0.2, 0.25) is 0 Å². The molecule has 1 heterocycles. The molecule has 0 fully saturated rings. The molecule has 0 amide bonds. The van der Waals surface area contributed by atoms with E-state index in [2.05, 4.69) is 18.8 Å². The van der Waals surface area contributed by atoms with Crippen molar-refractivity contribution in [3.05, 3.63) is 16.1 Å². The number of hydrogen-bond acceptors (Lipinski definition) is 5. The molecule has 0 aliphatic carbocycles. The zero-order valence-corrected chi connectivity index (χ0v) is 13.0. The molecule has 0 unspecified atom stereocenters. The number of ether oxygens (including phenoxy) is 2. The van der Waals surface area contributed by atoms with E-state index in [1.54, 1.807) is 18.3 Å².